The van der Waals surface area contributed by atoms with Crippen molar-refractivity contribution in [3.8, 4) is 0 Å². The average Bonchev–Trinajstić information content (AvgIpc) is 3.16. The fourth-order valence-electron chi connectivity index (χ4n) is 3.17. The van der Waals surface area contributed by atoms with E-state index in [1.807, 2.05) is 13.0 Å². The highest BCUT2D eigenvalue weighted by molar-refractivity contribution is 6.33. The Morgan fingerprint density at radius 3 is 2.92 bits per heavy atom. The van der Waals surface area contributed by atoms with E-state index in [0.717, 1.165) is 23.6 Å². The van der Waals surface area contributed by atoms with Crippen LogP contribution in [-0.2, 0) is 0 Å². The number of aromatic amines is 1. The highest BCUT2D eigenvalue weighted by Gasteiger charge is 2.35. The fraction of sp³-hybridized carbons (Fsp3) is 0.588. The second-order valence-corrected chi connectivity index (χ2v) is 7.28. The molecule has 0 aromatic carbocycles. The van der Waals surface area contributed by atoms with Gasteiger partial charge in [0, 0.05) is 30.5 Å². The van der Waals surface area contributed by atoms with Gasteiger partial charge in [-0.05, 0) is 31.4 Å². The summed E-state index contributed by atoms with van der Waals surface area (Å²) < 4.78 is 0. The van der Waals surface area contributed by atoms with E-state index in [4.69, 9.17) is 11.6 Å². The van der Waals surface area contributed by atoms with Crippen molar-refractivity contribution in [2.75, 3.05) is 11.9 Å². The molecule has 2 aromatic heterocycles. The number of nitrogens with one attached hydrogen (secondary N) is 2. The molecule has 3 atom stereocenters. The minimum atomic E-state index is -0.362. The SMILES string of the molecule is Cc1ccnc(NC[C@H]2C[C@H](c3nc(C(C)C)n[nH]3)C[C@H]2O)c1Cl. The molecule has 1 fully saturated rings. The van der Waals surface area contributed by atoms with Gasteiger partial charge in [-0.2, -0.15) is 5.10 Å². The zero-order valence-electron chi connectivity index (χ0n) is 14.3. The molecule has 3 N–H and O–H groups in total. The number of hydrogen-bond donors (Lipinski definition) is 3. The molecule has 7 heteroatoms. The standard InChI is InChI=1S/C17H24ClN5O/c1-9(2)15-21-16(23-22-15)11-6-12(13(24)7-11)8-20-17-14(18)10(3)4-5-19-17/h4-5,9,11-13,24H,6-8H2,1-3H3,(H,19,20)(H,21,22,23)/t11-,12+,13+/m0/s1. The maximum absolute atomic E-state index is 10.4. The van der Waals surface area contributed by atoms with Gasteiger partial charge < -0.3 is 10.4 Å². The lowest BCUT2D eigenvalue weighted by molar-refractivity contribution is 0.137. The lowest BCUT2D eigenvalue weighted by Gasteiger charge is -2.16. The molecule has 24 heavy (non-hydrogen) atoms. The van der Waals surface area contributed by atoms with Gasteiger partial charge in [0.2, 0.25) is 0 Å². The van der Waals surface area contributed by atoms with Crippen molar-refractivity contribution in [3.63, 3.8) is 0 Å². The molecule has 0 aliphatic heterocycles. The van der Waals surface area contributed by atoms with Gasteiger partial charge in [0.25, 0.3) is 0 Å². The summed E-state index contributed by atoms with van der Waals surface area (Å²) in [5.74, 6) is 3.04. The number of anilines is 1. The fourth-order valence-corrected chi connectivity index (χ4v) is 3.34. The Bertz CT molecular complexity index is 702. The summed E-state index contributed by atoms with van der Waals surface area (Å²) in [6, 6.07) is 1.88. The molecule has 0 radical (unpaired) electrons. The lowest BCUT2D eigenvalue weighted by Crippen LogP contribution is -2.22. The van der Waals surface area contributed by atoms with Crippen LogP contribution in [0.2, 0.25) is 5.02 Å². The zero-order chi connectivity index (χ0) is 17.3. The van der Waals surface area contributed by atoms with Gasteiger partial charge in [-0.3, -0.25) is 5.10 Å². The van der Waals surface area contributed by atoms with Crippen molar-refractivity contribution in [2.24, 2.45) is 5.92 Å². The molecule has 6 nitrogen and oxygen atoms in total. The Kier molecular flexibility index (Phi) is 5.06. The number of aliphatic hydroxyl groups excluding tert-OH is 1. The second-order valence-electron chi connectivity index (χ2n) is 6.90. The maximum atomic E-state index is 10.4. The summed E-state index contributed by atoms with van der Waals surface area (Å²) in [6.45, 7) is 6.73. The summed E-state index contributed by atoms with van der Waals surface area (Å²) in [5.41, 5.74) is 0.988. The van der Waals surface area contributed by atoms with Gasteiger partial charge in [0.05, 0.1) is 11.1 Å². The van der Waals surface area contributed by atoms with Crippen LogP contribution in [0.3, 0.4) is 0 Å². The Balaban J connectivity index is 1.62. The molecule has 0 spiro atoms. The first-order valence-corrected chi connectivity index (χ1v) is 8.78. The minimum absolute atomic E-state index is 0.140. The van der Waals surface area contributed by atoms with Gasteiger partial charge in [0.1, 0.15) is 11.6 Å². The molecule has 0 saturated heterocycles. The predicted octanol–water partition coefficient (Wildman–Crippen LogP) is 3.25. The van der Waals surface area contributed by atoms with E-state index in [2.05, 4.69) is 39.3 Å². The summed E-state index contributed by atoms with van der Waals surface area (Å²) in [6.07, 6.45) is 2.94. The van der Waals surface area contributed by atoms with Crippen molar-refractivity contribution in [2.45, 2.75) is 51.6 Å². The summed E-state index contributed by atoms with van der Waals surface area (Å²) in [5, 5.41) is 21.6. The summed E-state index contributed by atoms with van der Waals surface area (Å²) in [4.78, 5) is 8.84. The minimum Gasteiger partial charge on any atom is -0.393 e. The van der Waals surface area contributed by atoms with Crippen LogP contribution < -0.4 is 5.32 Å². The first-order valence-electron chi connectivity index (χ1n) is 8.41. The molecule has 0 amide bonds. The third-order valence-corrected chi connectivity index (χ3v) is 5.17. The monoisotopic (exact) mass is 349 g/mol. The van der Waals surface area contributed by atoms with E-state index in [1.54, 1.807) is 6.20 Å². The number of nitrogens with zero attached hydrogens (tertiary/aromatic N) is 3. The molecular formula is C17H24ClN5O. The normalized spacial score (nSPS) is 23.8. The van der Waals surface area contributed by atoms with Crippen LogP contribution in [0.1, 0.15) is 55.7 Å². The molecule has 1 aliphatic carbocycles. The number of pyridine rings is 1. The van der Waals surface area contributed by atoms with E-state index >= 15 is 0 Å². The van der Waals surface area contributed by atoms with Crippen LogP contribution in [0, 0.1) is 12.8 Å². The zero-order valence-corrected chi connectivity index (χ0v) is 15.0. The largest absolute Gasteiger partial charge is 0.393 e. The van der Waals surface area contributed by atoms with Crippen LogP contribution in [0.25, 0.3) is 0 Å². The average molecular weight is 350 g/mol. The highest BCUT2D eigenvalue weighted by Crippen LogP contribution is 2.37. The summed E-state index contributed by atoms with van der Waals surface area (Å²) >= 11 is 6.26. The Hall–Kier alpha value is -1.66. The molecular weight excluding hydrogens is 326 g/mol. The molecule has 3 rings (SSSR count). The Labute approximate surface area is 147 Å². The van der Waals surface area contributed by atoms with Gasteiger partial charge in [-0.25, -0.2) is 9.97 Å². The maximum Gasteiger partial charge on any atom is 0.153 e. The number of aromatic nitrogens is 4. The third kappa shape index (κ3) is 3.54. The lowest BCUT2D eigenvalue weighted by atomic mass is 10.0. The van der Waals surface area contributed by atoms with Gasteiger partial charge in [-0.15, -0.1) is 0 Å². The first kappa shape index (κ1) is 17.2. The van der Waals surface area contributed by atoms with Crippen molar-refractivity contribution in [3.05, 3.63) is 34.5 Å². The van der Waals surface area contributed by atoms with Crippen LogP contribution >= 0.6 is 11.6 Å². The summed E-state index contributed by atoms with van der Waals surface area (Å²) in [7, 11) is 0. The number of aryl methyl sites for hydroxylation is 1. The predicted molar refractivity (Wildman–Crippen MR) is 94.4 cm³/mol. The van der Waals surface area contributed by atoms with E-state index in [9.17, 15) is 5.11 Å². The van der Waals surface area contributed by atoms with Crippen molar-refractivity contribution in [1.29, 1.82) is 0 Å². The number of hydrogen-bond acceptors (Lipinski definition) is 5. The van der Waals surface area contributed by atoms with E-state index < -0.39 is 0 Å². The topological polar surface area (TPSA) is 86.7 Å². The van der Waals surface area contributed by atoms with Crippen LogP contribution in [0.4, 0.5) is 5.82 Å². The smallest absolute Gasteiger partial charge is 0.153 e. The van der Waals surface area contributed by atoms with Gasteiger partial charge in [0.15, 0.2) is 5.82 Å². The molecule has 2 aromatic rings. The Morgan fingerprint density at radius 1 is 1.42 bits per heavy atom. The molecule has 1 saturated carbocycles. The number of aliphatic hydroxyl groups is 1. The molecule has 0 unspecified atom stereocenters. The first-order chi connectivity index (χ1) is 11.5. The number of halogens is 1. The van der Waals surface area contributed by atoms with Crippen LogP contribution in [-0.4, -0.2) is 37.9 Å². The molecule has 130 valence electrons. The van der Waals surface area contributed by atoms with Crippen molar-refractivity contribution in [1.82, 2.24) is 20.2 Å². The highest BCUT2D eigenvalue weighted by atomic mass is 35.5. The Morgan fingerprint density at radius 2 is 2.21 bits per heavy atom. The van der Waals surface area contributed by atoms with Crippen molar-refractivity contribution < 1.29 is 5.11 Å². The van der Waals surface area contributed by atoms with E-state index in [-0.39, 0.29) is 17.9 Å². The van der Waals surface area contributed by atoms with Gasteiger partial charge in [-0.1, -0.05) is 25.4 Å². The molecule has 0 bridgehead atoms. The van der Waals surface area contributed by atoms with E-state index in [1.165, 1.54) is 0 Å². The van der Waals surface area contributed by atoms with E-state index in [0.29, 0.717) is 29.7 Å². The van der Waals surface area contributed by atoms with Crippen LogP contribution in [0.15, 0.2) is 12.3 Å². The second kappa shape index (κ2) is 7.07. The number of H-pyrrole nitrogens is 1. The quantitative estimate of drug-likeness (QED) is 0.771. The molecule has 2 heterocycles. The molecule has 1 aliphatic rings. The van der Waals surface area contributed by atoms with Gasteiger partial charge >= 0.3 is 0 Å². The number of rotatable bonds is 5. The third-order valence-electron chi connectivity index (χ3n) is 4.69. The van der Waals surface area contributed by atoms with Crippen molar-refractivity contribution >= 4 is 17.4 Å². The van der Waals surface area contributed by atoms with Crippen LogP contribution in [0.5, 0.6) is 0 Å².